The minimum Gasteiger partial charge on any atom is -0.376 e. The summed E-state index contributed by atoms with van der Waals surface area (Å²) in [4.78, 5) is 2.06. The van der Waals surface area contributed by atoms with Crippen molar-refractivity contribution in [2.45, 2.75) is 13.0 Å². The van der Waals surface area contributed by atoms with Gasteiger partial charge in [0.15, 0.2) is 0 Å². The predicted octanol–water partition coefficient (Wildman–Crippen LogP) is 3.31. The number of hydrogen-bond acceptors (Lipinski definition) is 3. The Morgan fingerprint density at radius 2 is 2.05 bits per heavy atom. The van der Waals surface area contributed by atoms with E-state index in [1.54, 1.807) is 6.20 Å². The first kappa shape index (κ1) is 13.7. The van der Waals surface area contributed by atoms with Crippen LogP contribution in [0.5, 0.6) is 0 Å². The molecule has 0 bridgehead atoms. The number of aromatic nitrogens is 2. The molecule has 0 spiro atoms. The maximum atomic E-state index is 6.09. The summed E-state index contributed by atoms with van der Waals surface area (Å²) in [5.74, 6) is 0. The molecule has 1 aromatic heterocycles. The second-order valence-electron chi connectivity index (χ2n) is 4.80. The molecular formula is C14H19ClN4. The molecule has 2 rings (SSSR count). The number of rotatable bonds is 4. The molecule has 0 aliphatic rings. The van der Waals surface area contributed by atoms with Gasteiger partial charge in [0.1, 0.15) is 0 Å². The van der Waals surface area contributed by atoms with Crippen LogP contribution in [0.4, 0.5) is 11.4 Å². The third-order valence-corrected chi connectivity index (χ3v) is 3.35. The molecule has 4 nitrogen and oxygen atoms in total. The highest BCUT2D eigenvalue weighted by Gasteiger charge is 2.12. The van der Waals surface area contributed by atoms with Gasteiger partial charge in [-0.25, -0.2) is 0 Å². The number of nitrogens with zero attached hydrogens (tertiary/aromatic N) is 3. The molecule has 0 saturated carbocycles. The molecule has 19 heavy (non-hydrogen) atoms. The Bertz CT molecular complexity index is 562. The lowest BCUT2D eigenvalue weighted by Gasteiger charge is -2.22. The average molecular weight is 279 g/mol. The van der Waals surface area contributed by atoms with E-state index < -0.39 is 0 Å². The van der Waals surface area contributed by atoms with E-state index in [0.29, 0.717) is 0 Å². The van der Waals surface area contributed by atoms with Gasteiger partial charge in [-0.15, -0.1) is 0 Å². The third-order valence-electron chi connectivity index (χ3n) is 3.11. The highest BCUT2D eigenvalue weighted by molar-refractivity contribution is 6.31. The van der Waals surface area contributed by atoms with Crippen molar-refractivity contribution in [2.75, 3.05) is 24.3 Å². The molecule has 102 valence electrons. The third kappa shape index (κ3) is 3.01. The van der Waals surface area contributed by atoms with Gasteiger partial charge < -0.3 is 10.2 Å². The molecule has 0 fully saturated rings. The number of hydrogen-bond donors (Lipinski definition) is 1. The molecule has 0 saturated heterocycles. The van der Waals surface area contributed by atoms with Gasteiger partial charge in [-0.2, -0.15) is 5.10 Å². The zero-order chi connectivity index (χ0) is 14.0. The van der Waals surface area contributed by atoms with Crippen molar-refractivity contribution < 1.29 is 0 Å². The van der Waals surface area contributed by atoms with E-state index in [-0.39, 0.29) is 6.04 Å². The molecule has 1 heterocycles. The van der Waals surface area contributed by atoms with Gasteiger partial charge >= 0.3 is 0 Å². The summed E-state index contributed by atoms with van der Waals surface area (Å²) < 4.78 is 1.87. The van der Waals surface area contributed by atoms with Gasteiger partial charge in [0.05, 0.1) is 23.1 Å². The van der Waals surface area contributed by atoms with E-state index in [2.05, 4.69) is 22.2 Å². The van der Waals surface area contributed by atoms with E-state index >= 15 is 0 Å². The number of nitrogens with one attached hydrogen (secondary N) is 1. The van der Waals surface area contributed by atoms with E-state index in [1.807, 2.05) is 50.1 Å². The van der Waals surface area contributed by atoms with Crippen LogP contribution in [-0.4, -0.2) is 23.9 Å². The monoisotopic (exact) mass is 278 g/mol. The van der Waals surface area contributed by atoms with Gasteiger partial charge in [0.25, 0.3) is 0 Å². The Morgan fingerprint density at radius 1 is 1.32 bits per heavy atom. The Hall–Kier alpha value is -1.68. The first-order chi connectivity index (χ1) is 8.99. The number of anilines is 2. The van der Waals surface area contributed by atoms with E-state index in [1.165, 1.54) is 0 Å². The summed E-state index contributed by atoms with van der Waals surface area (Å²) in [5, 5.41) is 8.41. The molecule has 1 unspecified atom stereocenters. The number of benzene rings is 1. The fraction of sp³-hybridized carbons (Fsp3) is 0.357. The molecule has 1 aromatic carbocycles. The topological polar surface area (TPSA) is 33.1 Å². The molecule has 2 aromatic rings. The SMILES string of the molecule is CC(Nc1cc(Cl)ccc1N(C)C)c1ccnn1C. The Kier molecular flexibility index (Phi) is 4.00. The molecule has 0 aliphatic heterocycles. The smallest absolute Gasteiger partial charge is 0.0654 e. The largest absolute Gasteiger partial charge is 0.376 e. The van der Waals surface area contributed by atoms with Crippen LogP contribution in [0.2, 0.25) is 5.02 Å². The van der Waals surface area contributed by atoms with Gasteiger partial charge in [-0.1, -0.05) is 11.6 Å². The minimum absolute atomic E-state index is 0.157. The lowest BCUT2D eigenvalue weighted by molar-refractivity contribution is 0.675. The average Bonchev–Trinajstić information content (AvgIpc) is 2.75. The Morgan fingerprint density at radius 3 is 2.63 bits per heavy atom. The molecule has 0 aliphatic carbocycles. The van der Waals surface area contributed by atoms with Crippen LogP contribution in [0.1, 0.15) is 18.7 Å². The van der Waals surface area contributed by atoms with Crippen LogP contribution < -0.4 is 10.2 Å². The zero-order valence-electron chi connectivity index (χ0n) is 11.7. The second kappa shape index (κ2) is 5.53. The fourth-order valence-electron chi connectivity index (χ4n) is 2.13. The van der Waals surface area contributed by atoms with E-state index in [4.69, 9.17) is 11.6 Å². The van der Waals surface area contributed by atoms with E-state index in [0.717, 1.165) is 22.1 Å². The summed E-state index contributed by atoms with van der Waals surface area (Å²) in [6, 6.07) is 8.03. The van der Waals surface area contributed by atoms with Crippen LogP contribution >= 0.6 is 11.6 Å². The van der Waals surface area contributed by atoms with E-state index in [9.17, 15) is 0 Å². The van der Waals surface area contributed by atoms with Crippen LogP contribution in [-0.2, 0) is 7.05 Å². The van der Waals surface area contributed by atoms with Crippen molar-refractivity contribution in [3.05, 3.63) is 41.2 Å². The number of halogens is 1. The Labute approximate surface area is 119 Å². The summed E-state index contributed by atoms with van der Waals surface area (Å²) in [6.07, 6.45) is 1.80. The van der Waals surface area contributed by atoms with Gasteiger partial charge in [-0.05, 0) is 31.2 Å². The summed E-state index contributed by atoms with van der Waals surface area (Å²) >= 11 is 6.09. The van der Waals surface area contributed by atoms with Crippen LogP contribution in [0.15, 0.2) is 30.5 Å². The van der Waals surface area contributed by atoms with Crippen molar-refractivity contribution in [3.8, 4) is 0 Å². The standard InChI is InChI=1S/C14H19ClN4/c1-10(13-7-8-16-19(13)4)17-12-9-11(15)5-6-14(12)18(2)3/h5-10,17H,1-4H3. The normalized spacial score (nSPS) is 12.3. The van der Waals surface area contributed by atoms with Crippen molar-refractivity contribution >= 4 is 23.0 Å². The summed E-state index contributed by atoms with van der Waals surface area (Å²) in [7, 11) is 5.98. The molecule has 0 radical (unpaired) electrons. The highest BCUT2D eigenvalue weighted by atomic mass is 35.5. The second-order valence-corrected chi connectivity index (χ2v) is 5.24. The molecule has 1 atom stereocenters. The minimum atomic E-state index is 0.157. The maximum Gasteiger partial charge on any atom is 0.0654 e. The van der Waals surface area contributed by atoms with Crippen LogP contribution in [0, 0.1) is 0 Å². The first-order valence-corrected chi connectivity index (χ1v) is 6.58. The lowest BCUT2D eigenvalue weighted by atomic mass is 10.2. The van der Waals surface area contributed by atoms with Gasteiger partial charge in [0.2, 0.25) is 0 Å². The van der Waals surface area contributed by atoms with Gasteiger partial charge in [0, 0.05) is 32.4 Å². The molecule has 5 heteroatoms. The zero-order valence-corrected chi connectivity index (χ0v) is 12.4. The van der Waals surface area contributed by atoms with Crippen molar-refractivity contribution in [2.24, 2.45) is 7.05 Å². The molecule has 1 N–H and O–H groups in total. The van der Waals surface area contributed by atoms with Crippen molar-refractivity contribution in [1.29, 1.82) is 0 Å². The van der Waals surface area contributed by atoms with Crippen molar-refractivity contribution in [3.63, 3.8) is 0 Å². The molecular weight excluding hydrogens is 260 g/mol. The summed E-state index contributed by atoms with van der Waals surface area (Å²) in [6.45, 7) is 2.11. The maximum absolute atomic E-state index is 6.09. The predicted molar refractivity (Wildman–Crippen MR) is 81.0 cm³/mol. The Balaban J connectivity index is 2.28. The highest BCUT2D eigenvalue weighted by Crippen LogP contribution is 2.30. The van der Waals surface area contributed by atoms with Crippen molar-refractivity contribution in [1.82, 2.24) is 9.78 Å². The van der Waals surface area contributed by atoms with Crippen LogP contribution in [0.3, 0.4) is 0 Å². The number of aryl methyl sites for hydroxylation is 1. The molecule has 0 amide bonds. The summed E-state index contributed by atoms with van der Waals surface area (Å²) in [5.41, 5.74) is 3.26. The lowest BCUT2D eigenvalue weighted by Crippen LogP contribution is -2.15. The van der Waals surface area contributed by atoms with Gasteiger partial charge in [-0.3, -0.25) is 4.68 Å². The fourth-order valence-corrected chi connectivity index (χ4v) is 2.30. The van der Waals surface area contributed by atoms with Crippen LogP contribution in [0.25, 0.3) is 0 Å². The first-order valence-electron chi connectivity index (χ1n) is 6.20. The quantitative estimate of drug-likeness (QED) is 0.931.